The molecule has 4 N–H and O–H groups in total. The van der Waals surface area contributed by atoms with Crippen LogP contribution in [0.2, 0.25) is 5.02 Å². The van der Waals surface area contributed by atoms with Crippen molar-refractivity contribution in [3.05, 3.63) is 58.5 Å². The Bertz CT molecular complexity index is 1350. The average molecular weight is 566 g/mol. The highest BCUT2D eigenvalue weighted by molar-refractivity contribution is 6.32. The normalized spacial score (nSPS) is 22.9. The molecular formula is C25H28ClN3O10. The molecule has 1 aromatic carbocycles. The van der Waals surface area contributed by atoms with Gasteiger partial charge in [-0.3, -0.25) is 4.79 Å². The summed E-state index contributed by atoms with van der Waals surface area (Å²) in [6, 6.07) is 4.88. The Balaban J connectivity index is 1.51. The van der Waals surface area contributed by atoms with Gasteiger partial charge in [0.2, 0.25) is 0 Å². The number of nitrogens with one attached hydrogen (secondary N) is 1. The van der Waals surface area contributed by atoms with Gasteiger partial charge < -0.3 is 48.7 Å². The molecule has 3 aromatic rings. The van der Waals surface area contributed by atoms with Crippen molar-refractivity contribution < 1.29 is 48.6 Å². The average Bonchev–Trinajstić information content (AvgIpc) is 3.37. The van der Waals surface area contributed by atoms with E-state index in [1.807, 2.05) is 0 Å². The summed E-state index contributed by atoms with van der Waals surface area (Å²) in [6.07, 6.45) is -1.76. The lowest BCUT2D eigenvalue weighted by Gasteiger charge is -2.41. The minimum Gasteiger partial charge on any atom is -0.496 e. The first kappa shape index (κ1) is 28.5. The number of halogens is 1. The Labute approximate surface area is 227 Å². The first-order valence-electron chi connectivity index (χ1n) is 11.7. The van der Waals surface area contributed by atoms with Gasteiger partial charge in [-0.05, 0) is 18.2 Å². The minimum atomic E-state index is -1.49. The molecule has 0 unspecified atom stereocenters. The topological polar surface area (TPSA) is 170 Å². The van der Waals surface area contributed by atoms with E-state index in [9.17, 15) is 24.9 Å². The van der Waals surface area contributed by atoms with E-state index >= 15 is 0 Å². The Morgan fingerprint density at radius 1 is 1.15 bits per heavy atom. The minimum absolute atomic E-state index is 0.0122. The molecule has 1 aliphatic rings. The van der Waals surface area contributed by atoms with Gasteiger partial charge in [-0.15, -0.1) is 0 Å². The lowest BCUT2D eigenvalue weighted by Crippen LogP contribution is -2.64. The maximum atomic E-state index is 13.1. The first-order chi connectivity index (χ1) is 18.7. The fourth-order valence-electron chi connectivity index (χ4n) is 4.21. The Kier molecular flexibility index (Phi) is 8.90. The van der Waals surface area contributed by atoms with Crippen molar-refractivity contribution in [3.63, 3.8) is 0 Å². The van der Waals surface area contributed by atoms with E-state index in [0.717, 1.165) is 0 Å². The van der Waals surface area contributed by atoms with E-state index in [1.165, 1.54) is 33.5 Å². The number of aromatic nitrogens is 2. The van der Waals surface area contributed by atoms with Gasteiger partial charge in [-0.1, -0.05) is 11.6 Å². The van der Waals surface area contributed by atoms with Crippen molar-refractivity contribution in [2.24, 2.45) is 0 Å². The second-order valence-electron chi connectivity index (χ2n) is 8.59. The van der Waals surface area contributed by atoms with Crippen molar-refractivity contribution in [1.82, 2.24) is 14.7 Å². The molecule has 1 saturated heterocycles. The third kappa shape index (κ3) is 5.78. The van der Waals surface area contributed by atoms with Gasteiger partial charge in [-0.2, -0.15) is 0 Å². The first-order valence-corrected chi connectivity index (χ1v) is 12.1. The summed E-state index contributed by atoms with van der Waals surface area (Å²) in [5.74, 6) is -0.899. The Morgan fingerprint density at radius 2 is 1.92 bits per heavy atom. The summed E-state index contributed by atoms with van der Waals surface area (Å²) < 4.78 is 28.3. The van der Waals surface area contributed by atoms with Crippen LogP contribution in [-0.4, -0.2) is 95.2 Å². The Hall–Kier alpha value is -3.46. The second-order valence-corrected chi connectivity index (χ2v) is 9.00. The number of fused-ring (bicyclic) bond motifs is 1. The summed E-state index contributed by atoms with van der Waals surface area (Å²) in [6.45, 7) is -0.563. The van der Waals surface area contributed by atoms with Crippen LogP contribution in [0.3, 0.4) is 0 Å². The molecule has 210 valence electrons. The van der Waals surface area contributed by atoms with Crippen LogP contribution in [0.15, 0.2) is 36.7 Å². The number of nitrogens with zero attached hydrogens (tertiary/aromatic N) is 2. The SMILES string of the molecule is COC(=O)c1cccn2cc(COc3cc(OC)c(C(=O)N[C@H]4[C@@H](OC)O[C@H](CO)[C@@H](O)[C@@H]4O)cc3Cl)nc12. The van der Waals surface area contributed by atoms with Crippen LogP contribution in [0.25, 0.3) is 5.65 Å². The van der Waals surface area contributed by atoms with Crippen LogP contribution in [0.1, 0.15) is 26.4 Å². The van der Waals surface area contributed by atoms with Crippen molar-refractivity contribution >= 4 is 29.1 Å². The lowest BCUT2D eigenvalue weighted by molar-refractivity contribution is -0.261. The van der Waals surface area contributed by atoms with E-state index in [0.29, 0.717) is 16.9 Å². The summed E-state index contributed by atoms with van der Waals surface area (Å²) in [5, 5.41) is 32.7. The molecule has 39 heavy (non-hydrogen) atoms. The predicted octanol–water partition coefficient (Wildman–Crippen LogP) is 0.546. The maximum Gasteiger partial charge on any atom is 0.341 e. The molecule has 0 radical (unpaired) electrons. The van der Waals surface area contributed by atoms with E-state index in [2.05, 4.69) is 10.3 Å². The number of imidazole rings is 1. The predicted molar refractivity (Wildman–Crippen MR) is 135 cm³/mol. The zero-order valence-corrected chi connectivity index (χ0v) is 22.0. The molecule has 1 amide bonds. The highest BCUT2D eigenvalue weighted by Crippen LogP contribution is 2.34. The molecule has 14 heteroatoms. The molecule has 0 spiro atoms. The summed E-state index contributed by atoms with van der Waals surface area (Å²) >= 11 is 6.41. The van der Waals surface area contributed by atoms with E-state index in [-0.39, 0.29) is 28.7 Å². The number of pyridine rings is 1. The molecule has 5 atom stereocenters. The molecule has 1 aliphatic heterocycles. The van der Waals surface area contributed by atoms with Crippen LogP contribution in [-0.2, 0) is 20.8 Å². The van der Waals surface area contributed by atoms with Gasteiger partial charge in [0.25, 0.3) is 5.91 Å². The van der Waals surface area contributed by atoms with E-state index in [4.69, 9.17) is 35.3 Å². The lowest BCUT2D eigenvalue weighted by atomic mass is 9.96. The largest absolute Gasteiger partial charge is 0.496 e. The molecule has 13 nitrogen and oxygen atoms in total. The molecule has 0 aliphatic carbocycles. The quantitative estimate of drug-likeness (QED) is 0.267. The van der Waals surface area contributed by atoms with Crippen LogP contribution in [0, 0.1) is 0 Å². The van der Waals surface area contributed by atoms with Crippen LogP contribution in [0.5, 0.6) is 11.5 Å². The fraction of sp³-hybridized carbons (Fsp3) is 0.400. The zero-order valence-electron chi connectivity index (χ0n) is 21.2. The number of carbonyl (C=O) groups is 2. The number of methoxy groups -OCH3 is 3. The van der Waals surface area contributed by atoms with Crippen molar-refractivity contribution in [1.29, 1.82) is 0 Å². The smallest absolute Gasteiger partial charge is 0.341 e. The van der Waals surface area contributed by atoms with E-state index < -0.39 is 49.1 Å². The number of amides is 1. The van der Waals surface area contributed by atoms with Gasteiger partial charge in [-0.25, -0.2) is 9.78 Å². The van der Waals surface area contributed by atoms with Gasteiger partial charge in [0, 0.05) is 25.6 Å². The number of ether oxygens (including phenoxy) is 5. The third-order valence-electron chi connectivity index (χ3n) is 6.22. The highest BCUT2D eigenvalue weighted by atomic mass is 35.5. The van der Waals surface area contributed by atoms with Crippen molar-refractivity contribution in [3.8, 4) is 11.5 Å². The number of hydrogen-bond donors (Lipinski definition) is 4. The number of benzene rings is 1. The summed E-state index contributed by atoms with van der Waals surface area (Å²) in [4.78, 5) is 29.6. The molecular weight excluding hydrogens is 538 g/mol. The van der Waals surface area contributed by atoms with Gasteiger partial charge >= 0.3 is 5.97 Å². The number of aliphatic hydroxyl groups excluding tert-OH is 3. The molecule has 3 heterocycles. The molecule has 2 aromatic heterocycles. The zero-order chi connectivity index (χ0) is 28.3. The maximum absolute atomic E-state index is 13.1. The molecule has 0 bridgehead atoms. The Morgan fingerprint density at radius 3 is 2.59 bits per heavy atom. The molecule has 1 fully saturated rings. The number of rotatable bonds is 9. The monoisotopic (exact) mass is 565 g/mol. The van der Waals surface area contributed by atoms with Crippen LogP contribution < -0.4 is 14.8 Å². The highest BCUT2D eigenvalue weighted by Gasteiger charge is 2.45. The fourth-order valence-corrected chi connectivity index (χ4v) is 4.43. The van der Waals surface area contributed by atoms with Gasteiger partial charge in [0.1, 0.15) is 48.0 Å². The standard InChI is InChI=1S/C25H28ClN3O10/c1-35-16-8-17(38-11-12-9-29-6-4-5-13(22(29)27-12)24(34)36-2)15(26)7-14(16)23(33)28-19-21(32)20(31)18(10-30)39-25(19)37-3/h4-9,18-21,25,30-32H,10-11H2,1-3H3,(H,28,33)/t18-,19-,20-,21-,25+/m1/s1. The number of esters is 1. The summed E-state index contributed by atoms with van der Waals surface area (Å²) in [5.41, 5.74) is 1.22. The number of hydrogen-bond acceptors (Lipinski definition) is 11. The van der Waals surface area contributed by atoms with Crippen molar-refractivity contribution in [2.45, 2.75) is 37.3 Å². The van der Waals surface area contributed by atoms with Gasteiger partial charge in [0.05, 0.1) is 37.1 Å². The summed E-state index contributed by atoms with van der Waals surface area (Å²) in [7, 11) is 3.94. The van der Waals surface area contributed by atoms with Crippen LogP contribution >= 0.6 is 11.6 Å². The van der Waals surface area contributed by atoms with Crippen molar-refractivity contribution in [2.75, 3.05) is 27.9 Å². The molecule has 4 rings (SSSR count). The third-order valence-corrected chi connectivity index (χ3v) is 6.52. The van der Waals surface area contributed by atoms with Crippen LogP contribution in [0.4, 0.5) is 0 Å². The number of aliphatic hydroxyl groups is 3. The molecule has 0 saturated carbocycles. The second kappa shape index (κ2) is 12.2. The van der Waals surface area contributed by atoms with Gasteiger partial charge in [0.15, 0.2) is 11.9 Å². The van der Waals surface area contributed by atoms with E-state index in [1.54, 1.807) is 28.9 Å². The number of carbonyl (C=O) groups excluding carboxylic acids is 2.